The maximum atomic E-state index is 9.33. The first-order valence-corrected chi connectivity index (χ1v) is 3.92. The van der Waals surface area contributed by atoms with Crippen LogP contribution in [-0.4, -0.2) is 34.1 Å². The van der Waals surface area contributed by atoms with E-state index in [1.54, 1.807) is 0 Å². The average Bonchev–Trinajstić information content (AvgIpc) is 1.97. The summed E-state index contributed by atoms with van der Waals surface area (Å²) < 4.78 is 0. The van der Waals surface area contributed by atoms with Gasteiger partial charge in [-0.15, -0.1) is 0 Å². The van der Waals surface area contributed by atoms with Crippen LogP contribution in [-0.2, 0) is 0 Å². The topological polar surface area (TPSA) is 60.7 Å². The van der Waals surface area contributed by atoms with Gasteiger partial charge in [-0.2, -0.15) is 0 Å². The standard InChI is InChI=1S/C8H14O3/c9-5-4-6-7(10)2-1-3-8(6)11/h4,7-11H,1-3,5H2. The first-order valence-electron chi connectivity index (χ1n) is 3.92. The number of hydrogen-bond acceptors (Lipinski definition) is 3. The van der Waals surface area contributed by atoms with Crippen LogP contribution in [0.5, 0.6) is 0 Å². The van der Waals surface area contributed by atoms with E-state index in [-0.39, 0.29) is 6.61 Å². The van der Waals surface area contributed by atoms with Gasteiger partial charge >= 0.3 is 0 Å². The second-order valence-corrected chi connectivity index (χ2v) is 2.85. The van der Waals surface area contributed by atoms with Crippen LogP contribution < -0.4 is 0 Å². The van der Waals surface area contributed by atoms with Crippen LogP contribution >= 0.6 is 0 Å². The normalized spacial score (nSPS) is 32.1. The van der Waals surface area contributed by atoms with E-state index < -0.39 is 12.2 Å². The molecule has 0 bridgehead atoms. The van der Waals surface area contributed by atoms with Gasteiger partial charge < -0.3 is 15.3 Å². The van der Waals surface area contributed by atoms with Crippen molar-refractivity contribution >= 4 is 0 Å². The summed E-state index contributed by atoms with van der Waals surface area (Å²) in [5.74, 6) is 0. The van der Waals surface area contributed by atoms with Crippen molar-refractivity contribution in [3.8, 4) is 0 Å². The quantitative estimate of drug-likeness (QED) is 0.463. The Morgan fingerprint density at radius 2 is 1.82 bits per heavy atom. The Bertz CT molecular complexity index is 141. The van der Waals surface area contributed by atoms with E-state index >= 15 is 0 Å². The summed E-state index contributed by atoms with van der Waals surface area (Å²) in [6, 6.07) is 0. The molecular weight excluding hydrogens is 144 g/mol. The molecule has 3 N–H and O–H groups in total. The van der Waals surface area contributed by atoms with E-state index in [0.29, 0.717) is 18.4 Å². The van der Waals surface area contributed by atoms with Crippen molar-refractivity contribution in [2.24, 2.45) is 0 Å². The molecule has 1 aliphatic rings. The van der Waals surface area contributed by atoms with Crippen LogP contribution in [0, 0.1) is 0 Å². The van der Waals surface area contributed by atoms with Crippen molar-refractivity contribution in [1.82, 2.24) is 0 Å². The summed E-state index contributed by atoms with van der Waals surface area (Å²) >= 11 is 0. The van der Waals surface area contributed by atoms with E-state index in [4.69, 9.17) is 5.11 Å². The van der Waals surface area contributed by atoms with Crippen molar-refractivity contribution in [3.05, 3.63) is 11.6 Å². The van der Waals surface area contributed by atoms with Gasteiger partial charge in [-0.1, -0.05) is 6.08 Å². The van der Waals surface area contributed by atoms with Crippen LogP contribution in [0.1, 0.15) is 19.3 Å². The van der Waals surface area contributed by atoms with Crippen LogP contribution in [0.3, 0.4) is 0 Å². The van der Waals surface area contributed by atoms with E-state index in [0.717, 1.165) is 6.42 Å². The molecule has 2 atom stereocenters. The minimum atomic E-state index is -0.550. The molecule has 3 heteroatoms. The van der Waals surface area contributed by atoms with Crippen molar-refractivity contribution in [2.75, 3.05) is 6.61 Å². The van der Waals surface area contributed by atoms with E-state index in [2.05, 4.69) is 0 Å². The van der Waals surface area contributed by atoms with Gasteiger partial charge in [0.15, 0.2) is 0 Å². The number of aliphatic hydroxyl groups is 3. The molecule has 11 heavy (non-hydrogen) atoms. The molecule has 0 amide bonds. The summed E-state index contributed by atoms with van der Waals surface area (Å²) in [7, 11) is 0. The summed E-state index contributed by atoms with van der Waals surface area (Å²) in [6.07, 6.45) is 2.64. The molecule has 64 valence electrons. The van der Waals surface area contributed by atoms with Crippen molar-refractivity contribution < 1.29 is 15.3 Å². The molecule has 0 heterocycles. The van der Waals surface area contributed by atoms with Gasteiger partial charge in [0.25, 0.3) is 0 Å². The maximum Gasteiger partial charge on any atom is 0.0775 e. The van der Waals surface area contributed by atoms with Gasteiger partial charge in [0.05, 0.1) is 18.8 Å². The highest BCUT2D eigenvalue weighted by molar-refractivity contribution is 5.15. The molecule has 0 aliphatic heterocycles. The third-order valence-corrected chi connectivity index (χ3v) is 2.05. The minimum absolute atomic E-state index is 0.108. The van der Waals surface area contributed by atoms with E-state index in [9.17, 15) is 10.2 Å². The summed E-state index contributed by atoms with van der Waals surface area (Å²) in [5, 5.41) is 27.2. The Morgan fingerprint density at radius 1 is 1.27 bits per heavy atom. The highest BCUT2D eigenvalue weighted by atomic mass is 16.3. The molecule has 0 spiro atoms. The Hall–Kier alpha value is -0.380. The Morgan fingerprint density at radius 3 is 2.27 bits per heavy atom. The fourth-order valence-electron chi connectivity index (χ4n) is 1.44. The van der Waals surface area contributed by atoms with Crippen LogP contribution in [0.25, 0.3) is 0 Å². The largest absolute Gasteiger partial charge is 0.392 e. The number of rotatable bonds is 1. The zero-order valence-electron chi connectivity index (χ0n) is 6.40. The summed E-state index contributed by atoms with van der Waals surface area (Å²) in [5.41, 5.74) is 0.582. The lowest BCUT2D eigenvalue weighted by Crippen LogP contribution is -2.27. The second-order valence-electron chi connectivity index (χ2n) is 2.85. The Kier molecular flexibility index (Phi) is 3.05. The molecule has 1 rings (SSSR count). The van der Waals surface area contributed by atoms with Gasteiger partial charge in [0, 0.05) is 0 Å². The highest BCUT2D eigenvalue weighted by Crippen LogP contribution is 2.23. The van der Waals surface area contributed by atoms with Gasteiger partial charge in [-0.05, 0) is 24.8 Å². The number of aliphatic hydroxyl groups excluding tert-OH is 3. The molecule has 3 nitrogen and oxygen atoms in total. The van der Waals surface area contributed by atoms with Gasteiger partial charge in [0.1, 0.15) is 0 Å². The molecule has 0 aromatic carbocycles. The Balaban J connectivity index is 2.62. The summed E-state index contributed by atoms with van der Waals surface area (Å²) in [6.45, 7) is -0.108. The van der Waals surface area contributed by atoms with Crippen LogP contribution in [0.2, 0.25) is 0 Å². The van der Waals surface area contributed by atoms with Crippen molar-refractivity contribution in [1.29, 1.82) is 0 Å². The smallest absolute Gasteiger partial charge is 0.0775 e. The highest BCUT2D eigenvalue weighted by Gasteiger charge is 2.23. The molecular formula is C8H14O3. The SMILES string of the molecule is OCC=C1C(O)CCCC1O. The summed E-state index contributed by atoms with van der Waals surface area (Å²) in [4.78, 5) is 0. The van der Waals surface area contributed by atoms with E-state index in [1.165, 1.54) is 6.08 Å². The first kappa shape index (κ1) is 8.71. The van der Waals surface area contributed by atoms with Crippen LogP contribution in [0.4, 0.5) is 0 Å². The molecule has 1 fully saturated rings. The van der Waals surface area contributed by atoms with Crippen LogP contribution in [0.15, 0.2) is 11.6 Å². The molecule has 2 unspecified atom stereocenters. The molecule has 0 aromatic heterocycles. The van der Waals surface area contributed by atoms with Gasteiger partial charge in [-0.25, -0.2) is 0 Å². The van der Waals surface area contributed by atoms with Gasteiger partial charge in [-0.3, -0.25) is 0 Å². The van der Waals surface area contributed by atoms with E-state index in [1.807, 2.05) is 0 Å². The first-order chi connectivity index (χ1) is 5.25. The molecule has 1 saturated carbocycles. The van der Waals surface area contributed by atoms with Crippen molar-refractivity contribution in [3.63, 3.8) is 0 Å². The molecule has 0 aromatic rings. The lowest BCUT2D eigenvalue weighted by Gasteiger charge is -2.25. The molecule has 1 aliphatic carbocycles. The predicted molar refractivity (Wildman–Crippen MR) is 41.0 cm³/mol. The fraction of sp³-hybridized carbons (Fsp3) is 0.750. The lowest BCUT2D eigenvalue weighted by atomic mass is 9.89. The zero-order chi connectivity index (χ0) is 8.27. The maximum absolute atomic E-state index is 9.33. The molecule has 0 radical (unpaired) electrons. The fourth-order valence-corrected chi connectivity index (χ4v) is 1.44. The monoisotopic (exact) mass is 158 g/mol. The molecule has 0 saturated heterocycles. The van der Waals surface area contributed by atoms with Gasteiger partial charge in [0.2, 0.25) is 0 Å². The predicted octanol–water partition coefficient (Wildman–Crippen LogP) is -0.189. The van der Waals surface area contributed by atoms with Crippen molar-refractivity contribution in [2.45, 2.75) is 31.5 Å². The average molecular weight is 158 g/mol. The minimum Gasteiger partial charge on any atom is -0.392 e. The Labute approximate surface area is 66.0 Å². The zero-order valence-corrected chi connectivity index (χ0v) is 6.40. The third-order valence-electron chi connectivity index (χ3n) is 2.05. The third kappa shape index (κ3) is 2.02. The lowest BCUT2D eigenvalue weighted by molar-refractivity contribution is 0.0990. The second kappa shape index (κ2) is 3.85. The number of hydrogen-bond donors (Lipinski definition) is 3.